The lowest BCUT2D eigenvalue weighted by molar-refractivity contribution is -0.180. The maximum absolute atomic E-state index is 13.2. The lowest BCUT2D eigenvalue weighted by Gasteiger charge is -2.59. The largest absolute Gasteiger partial charge is 0.378 e. The Morgan fingerprint density at radius 3 is 2.44 bits per heavy atom. The minimum Gasteiger partial charge on any atom is -0.378 e. The van der Waals surface area contributed by atoms with Crippen molar-refractivity contribution in [2.45, 2.75) is 64.3 Å². The minimum atomic E-state index is -0.817. The van der Waals surface area contributed by atoms with Crippen LogP contribution in [0.5, 0.6) is 0 Å². The molecule has 2 aliphatic rings. The number of nitrogens with zero attached hydrogens (tertiary/aromatic N) is 2. The van der Waals surface area contributed by atoms with Crippen molar-refractivity contribution >= 4 is 5.91 Å². The summed E-state index contributed by atoms with van der Waals surface area (Å²) in [5.74, 6) is 0.0740. The third kappa shape index (κ3) is 3.78. The molecule has 0 aromatic heterocycles. The molecule has 2 N–H and O–H groups in total. The van der Waals surface area contributed by atoms with Crippen LogP contribution in [0.2, 0.25) is 0 Å². The number of carbonyl (C=O) groups excluding carboxylic acids is 1. The fraction of sp³-hybridized carbons (Fsp3) is 0.682. The molecule has 1 saturated heterocycles. The first-order chi connectivity index (χ1) is 12.8. The van der Waals surface area contributed by atoms with Crippen LogP contribution in [0.25, 0.3) is 0 Å². The lowest BCUT2D eigenvalue weighted by Crippen LogP contribution is -2.76. The summed E-state index contributed by atoms with van der Waals surface area (Å²) in [4.78, 5) is 17.6. The Morgan fingerprint density at radius 1 is 1.26 bits per heavy atom. The Hall–Kier alpha value is -1.43. The van der Waals surface area contributed by atoms with Crippen LogP contribution in [-0.2, 0) is 16.1 Å². The van der Waals surface area contributed by atoms with Gasteiger partial charge in [0.2, 0.25) is 5.91 Å². The van der Waals surface area contributed by atoms with Gasteiger partial charge >= 0.3 is 0 Å². The number of rotatable bonds is 6. The molecule has 2 unspecified atom stereocenters. The monoisotopic (exact) mass is 373 g/mol. The van der Waals surface area contributed by atoms with E-state index in [1.807, 2.05) is 18.9 Å². The molecule has 2 fully saturated rings. The van der Waals surface area contributed by atoms with Crippen LogP contribution in [0.3, 0.4) is 0 Å². The number of nitrogens with two attached hydrogens (primary N) is 1. The van der Waals surface area contributed by atoms with E-state index in [-0.39, 0.29) is 23.5 Å². The molecule has 3 rings (SSSR count). The van der Waals surface area contributed by atoms with Crippen LogP contribution in [-0.4, -0.2) is 60.1 Å². The molecule has 1 aliphatic carbocycles. The number of likely N-dealkylation sites (tertiary alicyclic amines) is 1. The zero-order valence-corrected chi connectivity index (χ0v) is 17.3. The molecular formula is C22H35N3O2. The number of carbonyl (C=O) groups is 1. The van der Waals surface area contributed by atoms with Crippen LogP contribution in [0.15, 0.2) is 30.3 Å². The number of hydrogen-bond donors (Lipinski definition) is 1. The van der Waals surface area contributed by atoms with Gasteiger partial charge in [-0.1, -0.05) is 44.2 Å². The van der Waals surface area contributed by atoms with Crippen molar-refractivity contribution < 1.29 is 9.53 Å². The van der Waals surface area contributed by atoms with Gasteiger partial charge < -0.3 is 15.4 Å². The first-order valence-corrected chi connectivity index (χ1v) is 10.2. The maximum Gasteiger partial charge on any atom is 0.243 e. The summed E-state index contributed by atoms with van der Waals surface area (Å²) in [6.45, 7) is 9.78. The Labute approximate surface area is 163 Å². The molecule has 0 radical (unpaired) electrons. The Morgan fingerprint density at radius 2 is 1.89 bits per heavy atom. The van der Waals surface area contributed by atoms with Crippen molar-refractivity contribution in [1.29, 1.82) is 0 Å². The topological polar surface area (TPSA) is 58.8 Å². The number of amides is 1. The summed E-state index contributed by atoms with van der Waals surface area (Å²) < 4.78 is 5.78. The van der Waals surface area contributed by atoms with E-state index in [1.54, 1.807) is 0 Å². The van der Waals surface area contributed by atoms with Gasteiger partial charge in [0.05, 0.1) is 6.10 Å². The highest BCUT2D eigenvalue weighted by Gasteiger charge is 2.63. The van der Waals surface area contributed by atoms with E-state index in [1.165, 1.54) is 5.56 Å². The lowest BCUT2D eigenvalue weighted by atomic mass is 9.54. The SMILES string of the molecule is CCOC1CC(N)(C(=O)N(C)C2CCN(Cc3ccccc3)CC2)C1(C)C. The third-order valence-corrected chi connectivity index (χ3v) is 6.89. The van der Waals surface area contributed by atoms with E-state index in [2.05, 4.69) is 49.1 Å². The zero-order chi connectivity index (χ0) is 19.7. The van der Waals surface area contributed by atoms with E-state index in [0.29, 0.717) is 13.0 Å². The third-order valence-electron chi connectivity index (χ3n) is 6.89. The molecular weight excluding hydrogens is 338 g/mol. The average molecular weight is 374 g/mol. The maximum atomic E-state index is 13.2. The molecule has 1 aromatic rings. The second kappa shape index (κ2) is 7.90. The van der Waals surface area contributed by atoms with Crippen LogP contribution in [0, 0.1) is 5.41 Å². The summed E-state index contributed by atoms with van der Waals surface area (Å²) in [5.41, 5.74) is 6.80. The van der Waals surface area contributed by atoms with Gasteiger partial charge in [0, 0.05) is 51.2 Å². The van der Waals surface area contributed by atoms with Gasteiger partial charge in [-0.25, -0.2) is 0 Å². The first kappa shape index (κ1) is 20.3. The number of hydrogen-bond acceptors (Lipinski definition) is 4. The van der Waals surface area contributed by atoms with Crippen molar-refractivity contribution in [3.05, 3.63) is 35.9 Å². The molecule has 2 atom stereocenters. The first-order valence-electron chi connectivity index (χ1n) is 10.2. The normalized spacial score (nSPS) is 28.6. The fourth-order valence-electron chi connectivity index (χ4n) is 4.59. The van der Waals surface area contributed by atoms with Gasteiger partial charge in [-0.3, -0.25) is 9.69 Å². The van der Waals surface area contributed by atoms with Gasteiger partial charge in [-0.15, -0.1) is 0 Å². The van der Waals surface area contributed by atoms with Crippen LogP contribution in [0.1, 0.15) is 45.6 Å². The fourth-order valence-corrected chi connectivity index (χ4v) is 4.59. The molecule has 1 aromatic carbocycles. The Kier molecular flexibility index (Phi) is 5.94. The molecule has 1 amide bonds. The van der Waals surface area contributed by atoms with Gasteiger partial charge in [-0.2, -0.15) is 0 Å². The second-order valence-electron chi connectivity index (χ2n) is 8.75. The van der Waals surface area contributed by atoms with Crippen LogP contribution in [0.4, 0.5) is 0 Å². The Balaban J connectivity index is 1.54. The van der Waals surface area contributed by atoms with E-state index < -0.39 is 5.54 Å². The molecule has 5 nitrogen and oxygen atoms in total. The number of ether oxygens (including phenoxy) is 1. The Bertz CT molecular complexity index is 640. The van der Waals surface area contributed by atoms with Crippen molar-refractivity contribution in [2.24, 2.45) is 11.1 Å². The molecule has 1 saturated carbocycles. The highest BCUT2D eigenvalue weighted by molar-refractivity contribution is 5.89. The van der Waals surface area contributed by atoms with Gasteiger partial charge in [0.1, 0.15) is 5.54 Å². The molecule has 27 heavy (non-hydrogen) atoms. The van der Waals surface area contributed by atoms with Crippen LogP contribution < -0.4 is 5.73 Å². The second-order valence-corrected chi connectivity index (χ2v) is 8.75. The average Bonchev–Trinajstić information content (AvgIpc) is 2.68. The minimum absolute atomic E-state index is 0.0672. The van der Waals surface area contributed by atoms with Crippen molar-refractivity contribution in [2.75, 3.05) is 26.7 Å². The van der Waals surface area contributed by atoms with Crippen molar-refractivity contribution in [1.82, 2.24) is 9.80 Å². The zero-order valence-electron chi connectivity index (χ0n) is 17.3. The molecule has 1 heterocycles. The van der Waals surface area contributed by atoms with Crippen LogP contribution >= 0.6 is 0 Å². The van der Waals surface area contributed by atoms with E-state index in [4.69, 9.17) is 10.5 Å². The number of benzene rings is 1. The van der Waals surface area contributed by atoms with E-state index >= 15 is 0 Å². The highest BCUT2D eigenvalue weighted by Crippen LogP contribution is 2.50. The summed E-state index contributed by atoms with van der Waals surface area (Å²) in [6, 6.07) is 10.8. The van der Waals surface area contributed by atoms with Crippen molar-refractivity contribution in [3.8, 4) is 0 Å². The van der Waals surface area contributed by atoms with Crippen molar-refractivity contribution in [3.63, 3.8) is 0 Å². The molecule has 5 heteroatoms. The number of piperidine rings is 1. The predicted molar refractivity (Wildman–Crippen MR) is 108 cm³/mol. The quantitative estimate of drug-likeness (QED) is 0.833. The molecule has 0 spiro atoms. The molecule has 150 valence electrons. The summed E-state index contributed by atoms with van der Waals surface area (Å²) in [6.07, 6.45) is 2.68. The highest BCUT2D eigenvalue weighted by atomic mass is 16.5. The summed E-state index contributed by atoms with van der Waals surface area (Å²) in [5, 5.41) is 0. The van der Waals surface area contributed by atoms with E-state index in [9.17, 15) is 4.79 Å². The van der Waals surface area contributed by atoms with Gasteiger partial charge in [0.25, 0.3) is 0 Å². The summed E-state index contributed by atoms with van der Waals surface area (Å²) in [7, 11) is 1.93. The van der Waals surface area contributed by atoms with Gasteiger partial charge in [-0.05, 0) is 25.3 Å². The predicted octanol–water partition coefficient (Wildman–Crippen LogP) is 2.64. The smallest absolute Gasteiger partial charge is 0.243 e. The molecule has 0 bridgehead atoms. The van der Waals surface area contributed by atoms with Gasteiger partial charge in [0.15, 0.2) is 0 Å². The summed E-state index contributed by atoms with van der Waals surface area (Å²) >= 11 is 0. The number of likely N-dealkylation sites (N-methyl/N-ethyl adjacent to an activating group) is 1. The van der Waals surface area contributed by atoms with E-state index in [0.717, 1.165) is 32.5 Å². The standard InChI is InChI=1S/C22H35N3O2/c1-5-27-19-15-22(23,21(19,2)3)20(26)24(4)18-11-13-25(14-12-18)16-17-9-7-6-8-10-17/h6-10,18-19H,5,11-16,23H2,1-4H3. The molecule has 1 aliphatic heterocycles.